The van der Waals surface area contributed by atoms with E-state index in [2.05, 4.69) is 40.2 Å². The SMILES string of the molecule is N=C(N)c1ccc2c(C(=O)N[C@H]3CC[C@H](N)CC3)cn(Cc3cccc4ccccc34)c2c1. The first-order valence-corrected chi connectivity index (χ1v) is 11.5. The molecule has 0 bridgehead atoms. The van der Waals surface area contributed by atoms with Crippen molar-refractivity contribution in [1.29, 1.82) is 5.41 Å². The van der Waals surface area contributed by atoms with Gasteiger partial charge in [0.2, 0.25) is 0 Å². The van der Waals surface area contributed by atoms with Gasteiger partial charge in [0, 0.05) is 41.3 Å². The molecule has 0 spiro atoms. The van der Waals surface area contributed by atoms with Gasteiger partial charge in [-0.15, -0.1) is 0 Å². The van der Waals surface area contributed by atoms with Crippen molar-refractivity contribution >= 4 is 33.4 Å². The van der Waals surface area contributed by atoms with Gasteiger partial charge in [0.25, 0.3) is 5.91 Å². The summed E-state index contributed by atoms with van der Waals surface area (Å²) < 4.78 is 2.09. The maximum Gasteiger partial charge on any atom is 0.253 e. The lowest BCUT2D eigenvalue weighted by atomic mass is 9.91. The number of nitrogens with one attached hydrogen (secondary N) is 2. The molecule has 33 heavy (non-hydrogen) atoms. The predicted octanol–water partition coefficient (Wildman–Crippen LogP) is 4.13. The summed E-state index contributed by atoms with van der Waals surface area (Å²) in [5.74, 6) is -0.0490. The lowest BCUT2D eigenvalue weighted by molar-refractivity contribution is 0.0927. The molecule has 0 saturated heterocycles. The van der Waals surface area contributed by atoms with Crippen LogP contribution in [0.3, 0.4) is 0 Å². The topological polar surface area (TPSA) is 110 Å². The molecule has 1 saturated carbocycles. The highest BCUT2D eigenvalue weighted by molar-refractivity contribution is 6.09. The molecule has 1 amide bonds. The summed E-state index contributed by atoms with van der Waals surface area (Å²) in [5.41, 5.74) is 15.2. The van der Waals surface area contributed by atoms with Gasteiger partial charge >= 0.3 is 0 Å². The number of amides is 1. The summed E-state index contributed by atoms with van der Waals surface area (Å²) in [5, 5.41) is 14.3. The Bertz CT molecular complexity index is 1340. The summed E-state index contributed by atoms with van der Waals surface area (Å²) in [6.45, 7) is 0.616. The zero-order chi connectivity index (χ0) is 22.9. The average Bonchev–Trinajstić information content (AvgIpc) is 3.18. The molecule has 4 aromatic rings. The Morgan fingerprint density at radius 2 is 1.76 bits per heavy atom. The fourth-order valence-corrected chi connectivity index (χ4v) is 4.91. The Balaban J connectivity index is 1.54. The van der Waals surface area contributed by atoms with E-state index in [0.717, 1.165) is 36.6 Å². The molecular weight excluding hydrogens is 410 g/mol. The van der Waals surface area contributed by atoms with Crippen LogP contribution in [0.2, 0.25) is 0 Å². The van der Waals surface area contributed by atoms with E-state index in [-0.39, 0.29) is 23.8 Å². The van der Waals surface area contributed by atoms with Crippen LogP contribution in [0, 0.1) is 5.41 Å². The lowest BCUT2D eigenvalue weighted by Crippen LogP contribution is -2.40. The normalized spacial score (nSPS) is 18.5. The lowest BCUT2D eigenvalue weighted by Gasteiger charge is -2.26. The van der Waals surface area contributed by atoms with Gasteiger partial charge in [0.1, 0.15) is 5.84 Å². The number of nitrogen functional groups attached to an aromatic ring is 1. The Morgan fingerprint density at radius 1 is 1.00 bits per heavy atom. The van der Waals surface area contributed by atoms with E-state index >= 15 is 0 Å². The number of carbonyl (C=O) groups is 1. The van der Waals surface area contributed by atoms with Crippen molar-refractivity contribution in [3.63, 3.8) is 0 Å². The smallest absolute Gasteiger partial charge is 0.253 e. The highest BCUT2D eigenvalue weighted by Crippen LogP contribution is 2.27. The van der Waals surface area contributed by atoms with Gasteiger partial charge in [0.15, 0.2) is 0 Å². The molecule has 0 unspecified atom stereocenters. The molecule has 0 aliphatic heterocycles. The number of benzene rings is 3. The van der Waals surface area contributed by atoms with Crippen LogP contribution >= 0.6 is 0 Å². The Kier molecular flexibility index (Phi) is 5.60. The molecule has 168 valence electrons. The summed E-state index contributed by atoms with van der Waals surface area (Å²) in [4.78, 5) is 13.3. The Hall–Kier alpha value is -3.64. The van der Waals surface area contributed by atoms with Crippen LogP contribution in [0.15, 0.2) is 66.9 Å². The van der Waals surface area contributed by atoms with Crippen LogP contribution in [0.25, 0.3) is 21.7 Å². The molecule has 5 rings (SSSR count). The molecule has 6 N–H and O–H groups in total. The third kappa shape index (κ3) is 4.22. The largest absolute Gasteiger partial charge is 0.384 e. The second-order valence-electron chi connectivity index (χ2n) is 9.04. The first kappa shape index (κ1) is 21.2. The zero-order valence-electron chi connectivity index (χ0n) is 18.6. The van der Waals surface area contributed by atoms with Gasteiger partial charge in [-0.2, -0.15) is 0 Å². The molecule has 6 nitrogen and oxygen atoms in total. The van der Waals surface area contributed by atoms with E-state index in [1.165, 1.54) is 16.3 Å². The maximum atomic E-state index is 13.3. The van der Waals surface area contributed by atoms with E-state index < -0.39 is 0 Å². The minimum Gasteiger partial charge on any atom is -0.384 e. The number of aromatic nitrogens is 1. The summed E-state index contributed by atoms with van der Waals surface area (Å²) in [6, 6.07) is 20.6. The van der Waals surface area contributed by atoms with Gasteiger partial charge in [-0.3, -0.25) is 10.2 Å². The number of hydrogen-bond donors (Lipinski definition) is 4. The molecule has 1 aliphatic carbocycles. The van der Waals surface area contributed by atoms with E-state index in [0.29, 0.717) is 17.7 Å². The highest BCUT2D eigenvalue weighted by atomic mass is 16.1. The predicted molar refractivity (Wildman–Crippen MR) is 134 cm³/mol. The number of fused-ring (bicyclic) bond motifs is 2. The Labute approximate surface area is 193 Å². The molecule has 1 heterocycles. The van der Waals surface area contributed by atoms with E-state index in [1.54, 1.807) is 0 Å². The van der Waals surface area contributed by atoms with Gasteiger partial charge in [-0.25, -0.2) is 0 Å². The third-order valence-electron chi connectivity index (χ3n) is 6.77. The number of nitrogens with two attached hydrogens (primary N) is 2. The van der Waals surface area contributed by atoms with Crippen molar-refractivity contribution in [2.24, 2.45) is 11.5 Å². The minimum atomic E-state index is -0.0623. The number of carbonyl (C=O) groups excluding carboxylic acids is 1. The molecule has 6 heteroatoms. The fourth-order valence-electron chi connectivity index (χ4n) is 4.91. The van der Waals surface area contributed by atoms with Crippen LogP contribution in [0.4, 0.5) is 0 Å². The monoisotopic (exact) mass is 439 g/mol. The number of nitrogens with zero attached hydrogens (tertiary/aromatic N) is 1. The van der Waals surface area contributed by atoms with Crippen molar-refractivity contribution in [2.75, 3.05) is 0 Å². The van der Waals surface area contributed by atoms with Crippen LogP contribution in [0.5, 0.6) is 0 Å². The molecule has 3 aromatic carbocycles. The quantitative estimate of drug-likeness (QED) is 0.277. The van der Waals surface area contributed by atoms with Crippen molar-refractivity contribution in [3.05, 3.63) is 83.6 Å². The van der Waals surface area contributed by atoms with Crippen LogP contribution < -0.4 is 16.8 Å². The number of hydrogen-bond acceptors (Lipinski definition) is 3. The van der Waals surface area contributed by atoms with Gasteiger partial charge < -0.3 is 21.4 Å². The summed E-state index contributed by atoms with van der Waals surface area (Å²) >= 11 is 0. The molecule has 1 aromatic heterocycles. The van der Waals surface area contributed by atoms with Crippen molar-refractivity contribution in [1.82, 2.24) is 9.88 Å². The second kappa shape index (κ2) is 8.71. The molecular formula is C27H29N5O. The third-order valence-corrected chi connectivity index (χ3v) is 6.77. The van der Waals surface area contributed by atoms with E-state index in [4.69, 9.17) is 16.9 Å². The van der Waals surface area contributed by atoms with Gasteiger partial charge in [0.05, 0.1) is 5.56 Å². The minimum absolute atomic E-state index is 0.0133. The summed E-state index contributed by atoms with van der Waals surface area (Å²) in [6.07, 6.45) is 5.64. The number of rotatable bonds is 5. The molecule has 1 aliphatic rings. The average molecular weight is 440 g/mol. The van der Waals surface area contributed by atoms with Crippen molar-refractivity contribution in [2.45, 2.75) is 44.3 Å². The molecule has 0 atom stereocenters. The number of amidine groups is 1. The molecule has 1 fully saturated rings. The Morgan fingerprint density at radius 3 is 2.55 bits per heavy atom. The first-order chi connectivity index (χ1) is 16.0. The maximum absolute atomic E-state index is 13.3. The van der Waals surface area contributed by atoms with Crippen molar-refractivity contribution < 1.29 is 4.79 Å². The second-order valence-corrected chi connectivity index (χ2v) is 9.04. The standard InChI is InChI=1S/C27H29N5O/c28-20-9-11-21(12-10-20)31-27(33)24-16-32(25-14-18(26(29)30)8-13-23(24)25)15-19-6-3-5-17-4-1-2-7-22(17)19/h1-8,13-14,16,20-21H,9-12,15,28H2,(H3,29,30)(H,31,33)/t20-,21-. The van der Waals surface area contributed by atoms with E-state index in [9.17, 15) is 4.79 Å². The summed E-state index contributed by atoms with van der Waals surface area (Å²) in [7, 11) is 0. The highest BCUT2D eigenvalue weighted by Gasteiger charge is 2.23. The molecule has 0 radical (unpaired) electrons. The van der Waals surface area contributed by atoms with E-state index in [1.807, 2.05) is 36.5 Å². The first-order valence-electron chi connectivity index (χ1n) is 11.5. The van der Waals surface area contributed by atoms with Crippen LogP contribution in [-0.2, 0) is 6.54 Å². The van der Waals surface area contributed by atoms with Gasteiger partial charge in [-0.1, -0.05) is 54.6 Å². The zero-order valence-corrected chi connectivity index (χ0v) is 18.6. The fraction of sp³-hybridized carbons (Fsp3) is 0.259. The van der Waals surface area contributed by atoms with Gasteiger partial charge in [-0.05, 0) is 48.1 Å². The van der Waals surface area contributed by atoms with Crippen LogP contribution in [0.1, 0.15) is 47.2 Å². The van der Waals surface area contributed by atoms with Crippen molar-refractivity contribution in [3.8, 4) is 0 Å². The van der Waals surface area contributed by atoms with Crippen LogP contribution in [-0.4, -0.2) is 28.4 Å².